The Kier molecular flexibility index (Phi) is 3.74. The number of carbonyl (C=O) groups excluding carboxylic acids is 1. The van der Waals surface area contributed by atoms with Crippen LogP contribution in [0.15, 0.2) is 35.3 Å². The maximum absolute atomic E-state index is 12.0. The fraction of sp³-hybridized carbons (Fsp3) is 0.143. The number of aromatic nitrogens is 1. The highest BCUT2D eigenvalue weighted by Crippen LogP contribution is 2.25. The average Bonchev–Trinajstić information content (AvgIpc) is 2.40. The molecule has 0 fully saturated rings. The predicted octanol–water partition coefficient (Wildman–Crippen LogP) is 1.53. The van der Waals surface area contributed by atoms with E-state index in [4.69, 9.17) is 10.5 Å². The van der Waals surface area contributed by atoms with Crippen LogP contribution in [0.4, 0.5) is 11.4 Å². The molecule has 0 aliphatic rings. The van der Waals surface area contributed by atoms with E-state index in [0.717, 1.165) is 0 Å². The summed E-state index contributed by atoms with van der Waals surface area (Å²) in [5.41, 5.74) is 7.07. The third-order valence-electron chi connectivity index (χ3n) is 2.79. The van der Waals surface area contributed by atoms with Gasteiger partial charge in [-0.3, -0.25) is 9.59 Å². The van der Waals surface area contributed by atoms with Crippen molar-refractivity contribution in [3.8, 4) is 5.75 Å². The predicted molar refractivity (Wildman–Crippen MR) is 77.2 cm³/mol. The first kappa shape index (κ1) is 13.7. The van der Waals surface area contributed by atoms with Gasteiger partial charge in [-0.1, -0.05) is 0 Å². The first-order chi connectivity index (χ1) is 9.51. The summed E-state index contributed by atoms with van der Waals surface area (Å²) in [4.78, 5) is 26.6. The van der Waals surface area contributed by atoms with Gasteiger partial charge in [-0.2, -0.15) is 0 Å². The number of methoxy groups -OCH3 is 1. The number of H-pyrrole nitrogens is 1. The molecule has 0 unspecified atom stereocenters. The van der Waals surface area contributed by atoms with Gasteiger partial charge in [0.25, 0.3) is 5.91 Å². The summed E-state index contributed by atoms with van der Waals surface area (Å²) in [5, 5.41) is 2.63. The van der Waals surface area contributed by atoms with Gasteiger partial charge in [0.1, 0.15) is 11.3 Å². The standard InChI is InChI=1S/C14H15N3O3/c1-8-5-12(18)10(7-16-8)14(19)17-9-3-4-11(15)13(6-9)20-2/h3-7H,15H2,1-2H3,(H,16,18)(H,17,19). The van der Waals surface area contributed by atoms with E-state index in [9.17, 15) is 9.59 Å². The summed E-state index contributed by atoms with van der Waals surface area (Å²) in [6.07, 6.45) is 1.39. The molecule has 2 aromatic rings. The summed E-state index contributed by atoms with van der Waals surface area (Å²) >= 11 is 0. The summed E-state index contributed by atoms with van der Waals surface area (Å²) in [6, 6.07) is 6.22. The van der Waals surface area contributed by atoms with E-state index in [0.29, 0.717) is 22.8 Å². The zero-order valence-electron chi connectivity index (χ0n) is 11.2. The number of aryl methyl sites for hydroxylation is 1. The number of amides is 1. The Morgan fingerprint density at radius 3 is 2.75 bits per heavy atom. The van der Waals surface area contributed by atoms with Gasteiger partial charge in [-0.05, 0) is 19.1 Å². The highest BCUT2D eigenvalue weighted by molar-refractivity contribution is 6.04. The van der Waals surface area contributed by atoms with Crippen molar-refractivity contribution in [1.29, 1.82) is 0 Å². The molecule has 0 aliphatic heterocycles. The molecule has 1 heterocycles. The van der Waals surface area contributed by atoms with Crippen LogP contribution in [0.25, 0.3) is 0 Å². The van der Waals surface area contributed by atoms with Crippen LogP contribution in [0.1, 0.15) is 16.1 Å². The molecule has 0 aliphatic carbocycles. The number of ether oxygens (including phenoxy) is 1. The summed E-state index contributed by atoms with van der Waals surface area (Å²) < 4.78 is 5.07. The van der Waals surface area contributed by atoms with Crippen LogP contribution in [0, 0.1) is 6.92 Å². The number of anilines is 2. The third-order valence-corrected chi connectivity index (χ3v) is 2.79. The minimum Gasteiger partial charge on any atom is -0.495 e. The van der Waals surface area contributed by atoms with Crippen molar-refractivity contribution >= 4 is 17.3 Å². The van der Waals surface area contributed by atoms with Crippen molar-refractivity contribution < 1.29 is 9.53 Å². The van der Waals surface area contributed by atoms with Crippen molar-refractivity contribution in [3.63, 3.8) is 0 Å². The molecule has 4 N–H and O–H groups in total. The quantitative estimate of drug-likeness (QED) is 0.739. The number of carbonyl (C=O) groups is 1. The molecule has 6 heteroatoms. The second kappa shape index (κ2) is 5.48. The molecule has 2 rings (SSSR count). The Labute approximate surface area is 115 Å². The van der Waals surface area contributed by atoms with Crippen LogP contribution >= 0.6 is 0 Å². The number of nitrogens with two attached hydrogens (primary N) is 1. The van der Waals surface area contributed by atoms with E-state index in [1.165, 1.54) is 19.4 Å². The second-order valence-corrected chi connectivity index (χ2v) is 4.30. The minimum absolute atomic E-state index is 0.0476. The molecular weight excluding hydrogens is 258 g/mol. The molecule has 0 spiro atoms. The maximum Gasteiger partial charge on any atom is 0.261 e. The molecule has 6 nitrogen and oxygen atoms in total. The van der Waals surface area contributed by atoms with Gasteiger partial charge in [-0.25, -0.2) is 0 Å². The van der Waals surface area contributed by atoms with E-state index in [2.05, 4.69) is 10.3 Å². The minimum atomic E-state index is -0.488. The van der Waals surface area contributed by atoms with Gasteiger partial charge in [0.05, 0.1) is 12.8 Å². The van der Waals surface area contributed by atoms with Gasteiger partial charge in [0.15, 0.2) is 5.43 Å². The number of hydrogen-bond acceptors (Lipinski definition) is 4. The van der Waals surface area contributed by atoms with Crippen molar-refractivity contribution in [3.05, 3.63) is 51.9 Å². The van der Waals surface area contributed by atoms with E-state index in [1.807, 2.05) is 0 Å². The Bertz CT molecular complexity index is 707. The average molecular weight is 273 g/mol. The zero-order chi connectivity index (χ0) is 14.7. The summed E-state index contributed by atoms with van der Waals surface area (Å²) in [6.45, 7) is 1.74. The van der Waals surface area contributed by atoms with Crippen LogP contribution in [-0.2, 0) is 0 Å². The Morgan fingerprint density at radius 1 is 1.35 bits per heavy atom. The highest BCUT2D eigenvalue weighted by atomic mass is 16.5. The largest absolute Gasteiger partial charge is 0.495 e. The van der Waals surface area contributed by atoms with Crippen molar-refractivity contribution in [2.75, 3.05) is 18.2 Å². The number of aromatic amines is 1. The summed E-state index contributed by atoms with van der Waals surface area (Å²) in [5.74, 6) is -0.0290. The number of rotatable bonds is 3. The number of nitrogen functional groups attached to an aromatic ring is 1. The monoisotopic (exact) mass is 273 g/mol. The van der Waals surface area contributed by atoms with Crippen LogP contribution < -0.4 is 21.2 Å². The highest BCUT2D eigenvalue weighted by Gasteiger charge is 2.11. The molecule has 1 aromatic carbocycles. The number of hydrogen-bond donors (Lipinski definition) is 3. The number of benzene rings is 1. The van der Waals surface area contributed by atoms with Gasteiger partial charge in [-0.15, -0.1) is 0 Å². The van der Waals surface area contributed by atoms with Gasteiger partial charge in [0.2, 0.25) is 0 Å². The number of nitrogens with one attached hydrogen (secondary N) is 2. The fourth-order valence-corrected chi connectivity index (χ4v) is 1.74. The van der Waals surface area contributed by atoms with Crippen LogP contribution in [-0.4, -0.2) is 18.0 Å². The molecular formula is C14H15N3O3. The van der Waals surface area contributed by atoms with E-state index in [1.54, 1.807) is 25.1 Å². The van der Waals surface area contributed by atoms with E-state index < -0.39 is 5.91 Å². The van der Waals surface area contributed by atoms with E-state index >= 15 is 0 Å². The molecule has 0 atom stereocenters. The maximum atomic E-state index is 12.0. The lowest BCUT2D eigenvalue weighted by atomic mass is 10.2. The Hall–Kier alpha value is -2.76. The van der Waals surface area contributed by atoms with Gasteiger partial charge < -0.3 is 20.8 Å². The summed E-state index contributed by atoms with van der Waals surface area (Å²) in [7, 11) is 1.49. The smallest absolute Gasteiger partial charge is 0.261 e. The molecule has 1 amide bonds. The fourth-order valence-electron chi connectivity index (χ4n) is 1.74. The SMILES string of the molecule is COc1cc(NC(=O)c2c[nH]c(C)cc2=O)ccc1N. The van der Waals surface area contributed by atoms with Crippen molar-refractivity contribution in [2.24, 2.45) is 0 Å². The normalized spacial score (nSPS) is 10.1. The number of pyridine rings is 1. The third kappa shape index (κ3) is 2.80. The van der Waals surface area contributed by atoms with Crippen LogP contribution in [0.3, 0.4) is 0 Å². The Balaban J connectivity index is 2.25. The Morgan fingerprint density at radius 2 is 2.10 bits per heavy atom. The van der Waals surface area contributed by atoms with E-state index in [-0.39, 0.29) is 11.0 Å². The molecule has 0 saturated carbocycles. The molecule has 20 heavy (non-hydrogen) atoms. The van der Waals surface area contributed by atoms with Crippen molar-refractivity contribution in [2.45, 2.75) is 6.92 Å². The molecule has 1 aromatic heterocycles. The zero-order valence-corrected chi connectivity index (χ0v) is 11.2. The van der Waals surface area contributed by atoms with Crippen LogP contribution in [0.5, 0.6) is 5.75 Å². The first-order valence-corrected chi connectivity index (χ1v) is 5.95. The topological polar surface area (TPSA) is 97.2 Å². The molecule has 0 saturated heterocycles. The second-order valence-electron chi connectivity index (χ2n) is 4.30. The molecule has 0 bridgehead atoms. The van der Waals surface area contributed by atoms with Crippen molar-refractivity contribution in [1.82, 2.24) is 4.98 Å². The lowest BCUT2D eigenvalue weighted by molar-refractivity contribution is 0.102. The lowest BCUT2D eigenvalue weighted by Crippen LogP contribution is -2.21. The first-order valence-electron chi connectivity index (χ1n) is 5.95. The molecule has 104 valence electrons. The van der Waals surface area contributed by atoms with Gasteiger partial charge >= 0.3 is 0 Å². The van der Waals surface area contributed by atoms with Crippen LogP contribution in [0.2, 0.25) is 0 Å². The van der Waals surface area contributed by atoms with Gasteiger partial charge in [0, 0.05) is 29.7 Å². The lowest BCUT2D eigenvalue weighted by Gasteiger charge is -2.09. The molecule has 0 radical (unpaired) electrons.